The van der Waals surface area contributed by atoms with Crippen LogP contribution in [-0.2, 0) is 6.42 Å². The van der Waals surface area contributed by atoms with Crippen LogP contribution in [0.4, 0.5) is 13.2 Å². The molecule has 9 heteroatoms. The number of methoxy groups -OCH3 is 3. The molecule has 0 N–H and O–H groups in total. The maximum Gasteiger partial charge on any atom is 0.573 e. The van der Waals surface area contributed by atoms with Crippen molar-refractivity contribution in [3.63, 3.8) is 0 Å². The Morgan fingerprint density at radius 1 is 0.886 bits per heavy atom. The molecule has 4 rings (SSSR count). The monoisotopic (exact) mass is 487 g/mol. The highest BCUT2D eigenvalue weighted by Gasteiger charge is 2.37. The number of benzene rings is 3. The van der Waals surface area contributed by atoms with E-state index in [-0.39, 0.29) is 11.7 Å². The molecule has 6 nitrogen and oxygen atoms in total. The molecular formula is C26H24F3NO5. The molecule has 0 spiro atoms. The molecule has 3 aromatic carbocycles. The molecule has 1 heterocycles. The molecule has 0 aromatic heterocycles. The fourth-order valence-electron chi connectivity index (χ4n) is 4.33. The van der Waals surface area contributed by atoms with E-state index in [0.29, 0.717) is 46.9 Å². The number of carbonyl (C=O) groups excluding carboxylic acids is 1. The minimum absolute atomic E-state index is 0.275. The quantitative estimate of drug-likeness (QED) is 0.466. The first kappa shape index (κ1) is 24.3. The zero-order valence-corrected chi connectivity index (χ0v) is 19.4. The molecule has 1 atom stereocenters. The zero-order chi connectivity index (χ0) is 25.2. The summed E-state index contributed by atoms with van der Waals surface area (Å²) in [4.78, 5) is 15.3. The van der Waals surface area contributed by atoms with E-state index in [1.807, 2.05) is 6.07 Å². The van der Waals surface area contributed by atoms with Gasteiger partial charge >= 0.3 is 6.36 Å². The van der Waals surface area contributed by atoms with E-state index in [4.69, 9.17) is 14.2 Å². The summed E-state index contributed by atoms with van der Waals surface area (Å²) in [6.45, 7) is 0.337. The Bertz CT molecular complexity index is 1190. The number of halogens is 3. The molecule has 1 unspecified atom stereocenters. The van der Waals surface area contributed by atoms with Crippen LogP contribution in [0, 0.1) is 0 Å². The van der Waals surface area contributed by atoms with Crippen molar-refractivity contribution in [1.29, 1.82) is 0 Å². The molecule has 3 aromatic rings. The van der Waals surface area contributed by atoms with Crippen LogP contribution in [0.15, 0.2) is 60.7 Å². The Labute approximate surface area is 200 Å². The maximum atomic E-state index is 13.6. The summed E-state index contributed by atoms with van der Waals surface area (Å²) in [6.07, 6.45) is -4.33. The fourth-order valence-corrected chi connectivity index (χ4v) is 4.33. The number of fused-ring (bicyclic) bond motifs is 1. The number of hydrogen-bond acceptors (Lipinski definition) is 5. The summed E-state index contributed by atoms with van der Waals surface area (Å²) in [5.41, 5.74) is 2.45. The second kappa shape index (κ2) is 9.77. The van der Waals surface area contributed by atoms with Crippen molar-refractivity contribution < 1.29 is 36.9 Å². The second-order valence-electron chi connectivity index (χ2n) is 7.90. The second-order valence-corrected chi connectivity index (χ2v) is 7.90. The highest BCUT2D eigenvalue weighted by molar-refractivity contribution is 5.95. The van der Waals surface area contributed by atoms with E-state index in [0.717, 1.165) is 5.56 Å². The van der Waals surface area contributed by atoms with Gasteiger partial charge in [-0.3, -0.25) is 4.79 Å². The maximum absolute atomic E-state index is 13.6. The van der Waals surface area contributed by atoms with E-state index >= 15 is 0 Å². The summed E-state index contributed by atoms with van der Waals surface area (Å²) in [7, 11) is 4.57. The van der Waals surface area contributed by atoms with Gasteiger partial charge in [0.05, 0.1) is 27.4 Å². The van der Waals surface area contributed by atoms with Crippen LogP contribution in [0.1, 0.15) is 33.1 Å². The van der Waals surface area contributed by atoms with Gasteiger partial charge in [0.25, 0.3) is 5.91 Å². The first-order valence-corrected chi connectivity index (χ1v) is 10.8. The van der Waals surface area contributed by atoms with E-state index in [1.165, 1.54) is 32.4 Å². The summed E-state index contributed by atoms with van der Waals surface area (Å²) in [6, 6.07) is 15.2. The normalized spacial score (nSPS) is 15.3. The number of rotatable bonds is 6. The van der Waals surface area contributed by atoms with E-state index in [2.05, 4.69) is 4.74 Å². The van der Waals surface area contributed by atoms with E-state index < -0.39 is 12.4 Å². The van der Waals surface area contributed by atoms with Gasteiger partial charge in [-0.25, -0.2) is 0 Å². The van der Waals surface area contributed by atoms with Crippen molar-refractivity contribution in [2.75, 3.05) is 27.9 Å². The first-order chi connectivity index (χ1) is 16.7. The van der Waals surface area contributed by atoms with Gasteiger partial charge in [0.15, 0.2) is 0 Å². The van der Waals surface area contributed by atoms with Crippen molar-refractivity contribution in [3.05, 3.63) is 82.9 Å². The highest BCUT2D eigenvalue weighted by Crippen LogP contribution is 2.44. The van der Waals surface area contributed by atoms with Gasteiger partial charge in [0.1, 0.15) is 23.0 Å². The van der Waals surface area contributed by atoms with Crippen molar-refractivity contribution in [2.24, 2.45) is 0 Å². The van der Waals surface area contributed by atoms with Crippen LogP contribution in [0.25, 0.3) is 0 Å². The van der Waals surface area contributed by atoms with Gasteiger partial charge in [-0.15, -0.1) is 13.2 Å². The number of alkyl halides is 3. The lowest BCUT2D eigenvalue weighted by Crippen LogP contribution is -2.41. The molecule has 0 saturated carbocycles. The average Bonchev–Trinajstić information content (AvgIpc) is 2.86. The smallest absolute Gasteiger partial charge is 0.497 e. The van der Waals surface area contributed by atoms with Gasteiger partial charge in [-0.1, -0.05) is 12.1 Å². The predicted molar refractivity (Wildman–Crippen MR) is 122 cm³/mol. The Balaban J connectivity index is 1.84. The van der Waals surface area contributed by atoms with Gasteiger partial charge in [-0.2, -0.15) is 0 Å². The zero-order valence-electron chi connectivity index (χ0n) is 19.4. The molecule has 35 heavy (non-hydrogen) atoms. The molecule has 1 amide bonds. The SMILES string of the molecule is COc1ccc(C(=O)N2CCc3cc(OC)cc(OC)c3C2c2cccc(OC(F)(F)F)c2)cc1. The lowest BCUT2D eigenvalue weighted by Gasteiger charge is -2.39. The Kier molecular flexibility index (Phi) is 6.77. The van der Waals surface area contributed by atoms with Crippen LogP contribution in [-0.4, -0.2) is 45.0 Å². The van der Waals surface area contributed by atoms with Crippen LogP contribution < -0.4 is 18.9 Å². The summed E-state index contributed by atoms with van der Waals surface area (Å²) in [5.74, 6) is 1.02. The van der Waals surface area contributed by atoms with Gasteiger partial charge in [-0.05, 0) is 60.0 Å². The summed E-state index contributed by atoms with van der Waals surface area (Å²) < 4.78 is 59.1. The number of nitrogens with zero attached hydrogens (tertiary/aromatic N) is 1. The van der Waals surface area contributed by atoms with Crippen LogP contribution in [0.5, 0.6) is 23.0 Å². The molecule has 0 fully saturated rings. The van der Waals surface area contributed by atoms with E-state index in [9.17, 15) is 18.0 Å². The predicted octanol–water partition coefficient (Wildman–Crippen LogP) is 5.40. The van der Waals surface area contributed by atoms with E-state index in [1.54, 1.807) is 48.4 Å². The minimum Gasteiger partial charge on any atom is -0.497 e. The molecular weight excluding hydrogens is 463 g/mol. The van der Waals surface area contributed by atoms with Crippen LogP contribution in [0.3, 0.4) is 0 Å². The molecule has 0 bridgehead atoms. The van der Waals surface area contributed by atoms with Crippen molar-refractivity contribution in [1.82, 2.24) is 4.90 Å². The molecule has 184 valence electrons. The van der Waals surface area contributed by atoms with Gasteiger partial charge < -0.3 is 23.8 Å². The number of amides is 1. The first-order valence-electron chi connectivity index (χ1n) is 10.8. The third-order valence-corrected chi connectivity index (χ3v) is 5.87. The molecule has 1 aliphatic heterocycles. The molecule has 0 radical (unpaired) electrons. The number of hydrogen-bond donors (Lipinski definition) is 0. The molecule has 1 aliphatic rings. The Morgan fingerprint density at radius 2 is 1.60 bits per heavy atom. The average molecular weight is 487 g/mol. The lowest BCUT2D eigenvalue weighted by atomic mass is 9.86. The molecule has 0 saturated heterocycles. The molecule has 0 aliphatic carbocycles. The number of carbonyl (C=O) groups is 1. The van der Waals surface area contributed by atoms with Gasteiger partial charge in [0.2, 0.25) is 0 Å². The van der Waals surface area contributed by atoms with Crippen molar-refractivity contribution in [3.8, 4) is 23.0 Å². The number of ether oxygens (including phenoxy) is 4. The standard InChI is InChI=1S/C26H24F3NO5/c1-32-19-9-7-16(8-10-19)25(31)30-12-11-17-13-21(33-2)15-22(34-3)23(17)24(30)18-5-4-6-20(14-18)35-26(27,28)29/h4-10,13-15,24H,11-12H2,1-3H3. The van der Waals surface area contributed by atoms with Crippen molar-refractivity contribution >= 4 is 5.91 Å². The van der Waals surface area contributed by atoms with Crippen molar-refractivity contribution in [2.45, 2.75) is 18.8 Å². The summed E-state index contributed by atoms with van der Waals surface area (Å²) >= 11 is 0. The van der Waals surface area contributed by atoms with Crippen LogP contribution in [0.2, 0.25) is 0 Å². The summed E-state index contributed by atoms with van der Waals surface area (Å²) in [5, 5.41) is 0. The Hall–Kier alpha value is -3.88. The highest BCUT2D eigenvalue weighted by atomic mass is 19.4. The largest absolute Gasteiger partial charge is 0.573 e. The van der Waals surface area contributed by atoms with Gasteiger partial charge in [0, 0.05) is 23.7 Å². The Morgan fingerprint density at radius 3 is 2.23 bits per heavy atom. The third-order valence-electron chi connectivity index (χ3n) is 5.87. The topological polar surface area (TPSA) is 57.2 Å². The van der Waals surface area contributed by atoms with Crippen LogP contribution >= 0.6 is 0 Å². The lowest BCUT2D eigenvalue weighted by molar-refractivity contribution is -0.274. The minimum atomic E-state index is -4.84. The third kappa shape index (κ3) is 5.13. The fraction of sp³-hybridized carbons (Fsp3) is 0.269.